The smallest absolute Gasteiger partial charge is 0.481 e. The summed E-state index contributed by atoms with van der Waals surface area (Å²) in [6.07, 6.45) is -1.94. The van der Waals surface area contributed by atoms with Gasteiger partial charge in [0.1, 0.15) is 34.2 Å². The molecule has 0 unspecified atom stereocenters. The number of carbonyl (C=O) groups excluding carboxylic acids is 6. The second-order valence-electron chi connectivity index (χ2n) is 34.4. The summed E-state index contributed by atoms with van der Waals surface area (Å²) in [5.41, 5.74) is -0.150. The van der Waals surface area contributed by atoms with Crippen LogP contribution in [0.3, 0.4) is 0 Å². The SMILES string of the molecule is CC(C)(C)OC(=O)C[C@H]1CCCCCC(F)(F)C[C@@H]2C[C@@]2(C(=O)O)CC(=O)[C@@H]2C[C@@H](O)CN2C1=O.CC(C)(C)OC(=O)C[C@H]1CCCCCC(F)(F)C[C@@H]2C[C@@]2(C(=O)O)CC(=O)[C@@H]2C[C@@H](Oc3nc4ccccc4nc3-c3cc4ccccc4o3)CN2C1=O.CCC(C)(C)O.Clc1nc2ccccc2nc1-c1cc2ccccc2o1.[Na+]. The van der Waals surface area contributed by atoms with E-state index in [0.29, 0.717) is 70.4 Å². The number of rotatable bonds is 11. The van der Waals surface area contributed by atoms with E-state index in [-0.39, 0.29) is 113 Å². The Balaban J connectivity index is 0.000000194. The molecule has 618 valence electrons. The van der Waals surface area contributed by atoms with Crippen molar-refractivity contribution in [3.8, 4) is 28.8 Å². The minimum atomic E-state index is -3.09. The topological polar surface area (TPSA) is 329 Å². The maximum atomic E-state index is 15.1. The maximum absolute atomic E-state index is 15.1. The molecule has 6 fully saturated rings. The Morgan fingerprint density at radius 3 is 1.38 bits per heavy atom. The molecule has 14 rings (SSSR count). The molecule has 4 aromatic heterocycles. The minimum Gasteiger partial charge on any atom is -0.481 e. The number of para-hydroxylation sites is 6. The number of alkyl halides is 4. The Bertz CT molecular complexity index is 4840. The fourth-order valence-electron chi connectivity index (χ4n) is 15.9. The number of hydrogen-bond acceptors (Lipinski definition) is 19. The number of halogens is 5. The number of aliphatic hydroxyl groups excluding tert-OH is 1. The Labute approximate surface area is 698 Å². The fourth-order valence-corrected chi connectivity index (χ4v) is 16.1. The summed E-state index contributed by atoms with van der Waals surface area (Å²) >= 11 is 6.23. The van der Waals surface area contributed by atoms with Crippen LogP contribution >= 0.6 is 11.6 Å². The van der Waals surface area contributed by atoms with Crippen LogP contribution in [0.1, 0.15) is 197 Å². The van der Waals surface area contributed by atoms with Gasteiger partial charge in [0.05, 0.1) is 76.1 Å². The Kier molecular flexibility index (Phi) is 28.5. The van der Waals surface area contributed by atoms with Gasteiger partial charge in [0.15, 0.2) is 33.9 Å². The number of furan rings is 2. The Hall–Kier alpha value is -8.47. The van der Waals surface area contributed by atoms with Crippen LogP contribution in [0.15, 0.2) is 118 Å². The fraction of sp³-hybridized carbons (Fsp3) is 0.540. The third kappa shape index (κ3) is 22.9. The summed E-state index contributed by atoms with van der Waals surface area (Å²) in [5.74, 6) is -14.1. The average Bonchev–Trinajstić information content (AvgIpc) is 1.58. The van der Waals surface area contributed by atoms with Crippen LogP contribution < -0.4 is 34.3 Å². The Morgan fingerprint density at radius 2 is 0.948 bits per heavy atom. The van der Waals surface area contributed by atoms with Crippen LogP contribution in [-0.4, -0.2) is 163 Å². The predicted octanol–water partition coefficient (Wildman–Crippen LogP) is 14.0. The number of carboxylic acids is 2. The molecule has 0 spiro atoms. The van der Waals surface area contributed by atoms with Crippen molar-refractivity contribution in [2.75, 3.05) is 13.1 Å². The molecule has 8 aromatic rings. The molecule has 2 aliphatic carbocycles. The number of carboxylic acid groups (broad SMARTS) is 2. The van der Waals surface area contributed by atoms with Crippen LogP contribution in [0, 0.1) is 34.5 Å². The van der Waals surface area contributed by atoms with Gasteiger partial charge in [-0.25, -0.2) is 37.5 Å². The van der Waals surface area contributed by atoms with E-state index in [1.54, 1.807) is 61.5 Å². The number of hydrogen-bond donors (Lipinski definition) is 4. The number of carbonyl (C=O) groups is 8. The van der Waals surface area contributed by atoms with Crippen LogP contribution in [0.5, 0.6) is 5.88 Å². The summed E-state index contributed by atoms with van der Waals surface area (Å²) < 4.78 is 88.7. The van der Waals surface area contributed by atoms with Gasteiger partial charge in [0.2, 0.25) is 29.5 Å². The third-order valence-corrected chi connectivity index (χ3v) is 22.6. The number of nitrogens with zero attached hydrogens (tertiary/aromatic N) is 6. The van der Waals surface area contributed by atoms with Gasteiger partial charge in [0.25, 0.3) is 0 Å². The second kappa shape index (κ2) is 36.8. The molecule has 23 nitrogen and oxygen atoms in total. The number of fused-ring (bicyclic) bond motifs is 8. The van der Waals surface area contributed by atoms with E-state index < -0.39 is 173 Å². The molecular formula is C87H103ClF4N6NaO17+. The summed E-state index contributed by atoms with van der Waals surface area (Å²) in [5, 5.41) is 41.3. The van der Waals surface area contributed by atoms with Crippen molar-refractivity contribution >= 4 is 103 Å². The van der Waals surface area contributed by atoms with Crippen molar-refractivity contribution in [1.82, 2.24) is 29.7 Å². The average molecular weight is 1640 g/mol. The number of ketones is 2. The van der Waals surface area contributed by atoms with Gasteiger partial charge in [-0.1, -0.05) is 105 Å². The number of amides is 2. The van der Waals surface area contributed by atoms with E-state index in [4.69, 9.17) is 49.7 Å². The van der Waals surface area contributed by atoms with Crippen molar-refractivity contribution < 1.29 is 129 Å². The number of Topliss-reactive ketones (excluding diaryl/α,β-unsaturated/α-hetero) is 2. The minimum absolute atomic E-state index is 0. The molecule has 0 radical (unpaired) electrons. The molecule has 2 saturated carbocycles. The van der Waals surface area contributed by atoms with Crippen molar-refractivity contribution in [2.45, 2.75) is 250 Å². The molecule has 116 heavy (non-hydrogen) atoms. The molecule has 2 amide bonds. The van der Waals surface area contributed by atoms with Crippen LogP contribution in [-0.2, 0) is 47.8 Å². The molecule has 4 N–H and O–H groups in total. The van der Waals surface area contributed by atoms with E-state index in [2.05, 4.69) is 9.97 Å². The number of aliphatic carboxylic acids is 2. The van der Waals surface area contributed by atoms with Crippen molar-refractivity contribution in [3.05, 3.63) is 114 Å². The number of esters is 2. The van der Waals surface area contributed by atoms with Crippen molar-refractivity contribution in [3.63, 3.8) is 0 Å². The number of aliphatic hydroxyl groups is 2. The number of ether oxygens (including phenoxy) is 3. The molecule has 10 atom stereocenters. The van der Waals surface area contributed by atoms with E-state index in [1.165, 1.54) is 9.80 Å². The van der Waals surface area contributed by atoms with Gasteiger partial charge in [-0.15, -0.1) is 0 Å². The first-order chi connectivity index (χ1) is 54.1. The van der Waals surface area contributed by atoms with Crippen LogP contribution in [0.25, 0.3) is 66.9 Å². The van der Waals surface area contributed by atoms with Crippen molar-refractivity contribution in [2.24, 2.45) is 34.5 Å². The molecule has 0 bridgehead atoms. The number of aromatic nitrogens is 4. The third-order valence-electron chi connectivity index (χ3n) is 22.3. The molecule has 8 heterocycles. The van der Waals surface area contributed by atoms with Gasteiger partial charge >= 0.3 is 53.4 Å². The first-order valence-electron chi connectivity index (χ1n) is 39.7. The first kappa shape index (κ1) is 89.9. The zero-order chi connectivity index (χ0) is 83.3. The van der Waals surface area contributed by atoms with E-state index in [9.17, 15) is 62.5 Å². The van der Waals surface area contributed by atoms with E-state index in [1.807, 2.05) is 110 Å². The normalized spacial score (nSPS) is 25.2. The maximum Gasteiger partial charge on any atom is 1.00 e. The molecule has 4 saturated heterocycles. The van der Waals surface area contributed by atoms with E-state index in [0.717, 1.165) is 33.8 Å². The van der Waals surface area contributed by atoms with Crippen LogP contribution in [0.4, 0.5) is 17.6 Å². The monoisotopic (exact) mass is 1640 g/mol. The quantitative estimate of drug-likeness (QED) is 0.0531. The zero-order valence-corrected chi connectivity index (χ0v) is 70.2. The van der Waals surface area contributed by atoms with Gasteiger partial charge in [-0.3, -0.25) is 38.4 Å². The molecular weight excluding hydrogens is 1540 g/mol. The number of benzene rings is 4. The van der Waals surface area contributed by atoms with Gasteiger partial charge in [-0.2, -0.15) is 0 Å². The summed E-state index contributed by atoms with van der Waals surface area (Å²) in [7, 11) is 0. The first-order valence-corrected chi connectivity index (χ1v) is 40.1. The molecule has 4 aromatic carbocycles. The Morgan fingerprint density at radius 1 is 0.552 bits per heavy atom. The largest absolute Gasteiger partial charge is 1.00 e. The zero-order valence-electron chi connectivity index (χ0n) is 67.4. The molecule has 6 aliphatic rings. The van der Waals surface area contributed by atoms with Gasteiger partial charge in [0, 0.05) is 80.5 Å². The van der Waals surface area contributed by atoms with Crippen molar-refractivity contribution in [1.29, 1.82) is 0 Å². The second-order valence-corrected chi connectivity index (χ2v) is 34.7. The van der Waals surface area contributed by atoms with Gasteiger partial charge in [-0.05, 0) is 161 Å². The molecule has 29 heteroatoms. The summed E-state index contributed by atoms with van der Waals surface area (Å²) in [6, 6.07) is 31.8. The predicted molar refractivity (Wildman–Crippen MR) is 421 cm³/mol. The summed E-state index contributed by atoms with van der Waals surface area (Å²) in [6.45, 7) is 15.7. The standard InChI is InChI=1S/C41H45F2N3O8.C25H37F2NO7.C16H9ClN2O.C5H12O.Na/c1-39(2,3)54-34(48)18-25-12-5-4-10-16-41(42,43)21-26-20-40(26,38(50)51)22-31(47)30-19-27(23-46(30)37(25)49)52-36-35(44-28-13-7-8-14-29(28)45-36)33-17-24-11-6-9-15-32(24)53-33;1-23(2,3)35-20(31)9-15-7-5-4-6-8-25(26,27)12-16-11-24(16,22(33)34)13-19(30)18-10-17(29)14-28(18)21(15)32;17-16-15(18-11-6-2-3-7-12(11)19-16)14-9-10-5-1-4-8-13(10)20-14;1-4-5(2,3)6;/h6-9,11,13-15,17,25-27,30H,4-5,10,12,16,18-23H2,1-3H3,(H,50,51);15-18,29H,4-14H2,1-3H3,(H,33,34);1-9H;6H,4H2,1-3H3;/q;;;;+1/t25-,26+,27-,30+,40-;15-,16+,17-,18+,24-;;;/m11.../s1. The van der Waals surface area contributed by atoms with Gasteiger partial charge < -0.3 is 53.3 Å². The van der Waals surface area contributed by atoms with E-state index >= 15 is 8.78 Å². The van der Waals surface area contributed by atoms with Crippen LogP contribution in [0.2, 0.25) is 5.15 Å². The summed E-state index contributed by atoms with van der Waals surface area (Å²) in [4.78, 5) is 127. The molecule has 4 aliphatic heterocycles.